The van der Waals surface area contributed by atoms with Crippen molar-refractivity contribution in [3.8, 4) is 6.07 Å². The largest absolute Gasteiger partial charge is 0.417 e. The molecule has 138 valence electrons. The summed E-state index contributed by atoms with van der Waals surface area (Å²) in [6, 6.07) is 9.73. The van der Waals surface area contributed by atoms with Crippen molar-refractivity contribution in [2.75, 3.05) is 5.75 Å². The maximum Gasteiger partial charge on any atom is 0.417 e. The van der Waals surface area contributed by atoms with Crippen LogP contribution >= 0.6 is 11.8 Å². The van der Waals surface area contributed by atoms with Gasteiger partial charge in [0.25, 0.3) is 0 Å². The number of halogens is 3. The molecule has 4 nitrogen and oxygen atoms in total. The average Bonchev–Trinajstić information content (AvgIpc) is 2.94. The van der Waals surface area contributed by atoms with Gasteiger partial charge in [0.05, 0.1) is 16.9 Å². The third-order valence-corrected chi connectivity index (χ3v) is 5.02. The fraction of sp³-hybridized carbons (Fsp3) is 0.211. The zero-order chi connectivity index (χ0) is 19.8. The third kappa shape index (κ3) is 3.69. The molecule has 27 heavy (non-hydrogen) atoms. The Morgan fingerprint density at radius 3 is 2.67 bits per heavy atom. The first kappa shape index (κ1) is 19.0. The fourth-order valence-electron chi connectivity index (χ4n) is 2.92. The third-order valence-electron chi connectivity index (χ3n) is 4.04. The van der Waals surface area contributed by atoms with Crippen LogP contribution in [0.4, 0.5) is 13.2 Å². The number of aryl methyl sites for hydroxylation is 2. The molecule has 0 saturated carbocycles. The highest BCUT2D eigenvalue weighted by molar-refractivity contribution is 8.00. The quantitative estimate of drug-likeness (QED) is 0.501. The zero-order valence-corrected chi connectivity index (χ0v) is 15.3. The van der Waals surface area contributed by atoms with Crippen LogP contribution < -0.4 is 0 Å². The van der Waals surface area contributed by atoms with E-state index in [1.54, 1.807) is 13.0 Å². The van der Waals surface area contributed by atoms with Crippen molar-refractivity contribution in [2.24, 2.45) is 0 Å². The summed E-state index contributed by atoms with van der Waals surface area (Å²) in [4.78, 5) is 19.9. The first-order valence-electron chi connectivity index (χ1n) is 7.94. The molecule has 0 amide bonds. The lowest BCUT2D eigenvalue weighted by molar-refractivity contribution is -0.138. The van der Waals surface area contributed by atoms with Crippen LogP contribution in [0.2, 0.25) is 0 Å². The van der Waals surface area contributed by atoms with E-state index >= 15 is 0 Å². The monoisotopic (exact) mass is 389 g/mol. The predicted octanol–water partition coefficient (Wildman–Crippen LogP) is 5.05. The van der Waals surface area contributed by atoms with Gasteiger partial charge in [-0.15, -0.1) is 0 Å². The lowest BCUT2D eigenvalue weighted by atomic mass is 10.1. The number of carbonyl (C=O) groups excluding carboxylic acids is 1. The number of fused-ring (bicyclic) bond motifs is 1. The van der Waals surface area contributed by atoms with E-state index in [0.29, 0.717) is 11.3 Å². The highest BCUT2D eigenvalue weighted by Crippen LogP contribution is 2.36. The second-order valence-corrected chi connectivity index (χ2v) is 6.95. The summed E-state index contributed by atoms with van der Waals surface area (Å²) in [5.41, 5.74) is 0.557. The molecular weight excluding hydrogens is 375 g/mol. The number of ketones is 1. The molecule has 3 rings (SSSR count). The number of nitrogens with one attached hydrogen (secondary N) is 1. The molecule has 0 spiro atoms. The number of benzene rings is 1. The normalized spacial score (nSPS) is 11.6. The van der Waals surface area contributed by atoms with Crippen molar-refractivity contribution in [2.45, 2.75) is 25.0 Å². The first-order valence-corrected chi connectivity index (χ1v) is 8.93. The molecule has 0 atom stereocenters. The van der Waals surface area contributed by atoms with Crippen LogP contribution in [0.3, 0.4) is 0 Å². The molecule has 0 bridgehead atoms. The molecule has 0 saturated heterocycles. The van der Waals surface area contributed by atoms with Crippen molar-refractivity contribution in [1.29, 1.82) is 5.26 Å². The number of Topliss-reactive ketones (excluding diaryl/α,β-unsaturated/α-hetero) is 1. The molecule has 2 heterocycles. The predicted molar refractivity (Wildman–Crippen MR) is 96.8 cm³/mol. The number of H-pyrrole nitrogens is 1. The Morgan fingerprint density at radius 2 is 2.00 bits per heavy atom. The molecule has 1 aromatic carbocycles. The topological polar surface area (TPSA) is 69.5 Å². The number of thioether (sulfide) groups is 1. The van der Waals surface area contributed by atoms with Crippen molar-refractivity contribution in [1.82, 2.24) is 9.97 Å². The number of aromatic nitrogens is 2. The van der Waals surface area contributed by atoms with E-state index in [-0.39, 0.29) is 22.3 Å². The molecule has 0 unspecified atom stereocenters. The second-order valence-electron chi connectivity index (χ2n) is 5.98. The Hall–Kier alpha value is -2.79. The van der Waals surface area contributed by atoms with E-state index in [2.05, 4.69) is 9.97 Å². The van der Waals surface area contributed by atoms with E-state index in [4.69, 9.17) is 0 Å². The van der Waals surface area contributed by atoms with E-state index in [0.717, 1.165) is 28.7 Å². The number of nitriles is 1. The fourth-order valence-corrected chi connectivity index (χ4v) is 3.84. The Balaban J connectivity index is 1.93. The molecule has 0 aliphatic rings. The molecule has 1 N–H and O–H groups in total. The number of pyridine rings is 1. The number of hydrogen-bond acceptors (Lipinski definition) is 4. The van der Waals surface area contributed by atoms with Gasteiger partial charge in [0.15, 0.2) is 5.78 Å². The minimum absolute atomic E-state index is 0.0873. The van der Waals surface area contributed by atoms with Crippen molar-refractivity contribution < 1.29 is 18.0 Å². The van der Waals surface area contributed by atoms with Crippen molar-refractivity contribution >= 4 is 28.4 Å². The number of para-hydroxylation sites is 1. The van der Waals surface area contributed by atoms with Crippen LogP contribution in [-0.4, -0.2) is 21.5 Å². The van der Waals surface area contributed by atoms with Gasteiger partial charge in [-0.2, -0.15) is 18.4 Å². The minimum Gasteiger partial charge on any atom is -0.358 e. The lowest BCUT2D eigenvalue weighted by Gasteiger charge is -2.12. The molecule has 0 aliphatic carbocycles. The van der Waals surface area contributed by atoms with Gasteiger partial charge in [0.2, 0.25) is 0 Å². The molecule has 3 aromatic rings. The van der Waals surface area contributed by atoms with E-state index in [1.165, 1.54) is 6.92 Å². The summed E-state index contributed by atoms with van der Waals surface area (Å²) in [5, 5.41) is 9.87. The Morgan fingerprint density at radius 1 is 1.30 bits per heavy atom. The number of hydrogen-bond donors (Lipinski definition) is 1. The van der Waals surface area contributed by atoms with Gasteiger partial charge in [-0.1, -0.05) is 30.0 Å². The molecule has 0 radical (unpaired) electrons. The number of aromatic amines is 1. The Bertz CT molecular complexity index is 1080. The van der Waals surface area contributed by atoms with Crippen LogP contribution in [0, 0.1) is 25.2 Å². The van der Waals surface area contributed by atoms with Gasteiger partial charge < -0.3 is 4.98 Å². The number of alkyl halides is 3. The first-order chi connectivity index (χ1) is 12.7. The Labute approximate surface area is 157 Å². The Kier molecular flexibility index (Phi) is 4.98. The van der Waals surface area contributed by atoms with Crippen LogP contribution in [-0.2, 0) is 6.18 Å². The molecular formula is C19H14F3N3OS. The summed E-state index contributed by atoms with van der Waals surface area (Å²) in [5.74, 6) is -0.360. The maximum atomic E-state index is 13.2. The van der Waals surface area contributed by atoms with E-state index < -0.39 is 17.3 Å². The van der Waals surface area contributed by atoms with Gasteiger partial charge in [0.1, 0.15) is 11.1 Å². The highest BCUT2D eigenvalue weighted by atomic mass is 32.2. The summed E-state index contributed by atoms with van der Waals surface area (Å²) in [6.07, 6.45) is -4.66. The number of carbonyl (C=O) groups is 1. The van der Waals surface area contributed by atoms with Gasteiger partial charge in [-0.05, 0) is 26.0 Å². The average molecular weight is 389 g/mol. The van der Waals surface area contributed by atoms with Gasteiger partial charge >= 0.3 is 6.18 Å². The van der Waals surface area contributed by atoms with Gasteiger partial charge in [-0.25, -0.2) is 4.98 Å². The second kappa shape index (κ2) is 7.08. The SMILES string of the molecule is Cc1cc(C(F)(F)F)c(C#N)c(SCC(=O)c2c(C)[nH]c3ccccc23)n1. The lowest BCUT2D eigenvalue weighted by Crippen LogP contribution is -2.11. The van der Waals surface area contributed by atoms with Gasteiger partial charge in [0, 0.05) is 27.9 Å². The van der Waals surface area contributed by atoms with E-state index in [1.807, 2.05) is 24.3 Å². The summed E-state index contributed by atoms with van der Waals surface area (Å²) < 4.78 is 39.6. The van der Waals surface area contributed by atoms with Gasteiger partial charge in [-0.3, -0.25) is 4.79 Å². The molecule has 0 fully saturated rings. The van der Waals surface area contributed by atoms with E-state index in [9.17, 15) is 23.2 Å². The molecule has 2 aromatic heterocycles. The smallest absolute Gasteiger partial charge is 0.358 e. The van der Waals surface area contributed by atoms with Crippen LogP contribution in [0.1, 0.15) is 32.9 Å². The summed E-state index contributed by atoms with van der Waals surface area (Å²) in [6.45, 7) is 3.19. The van der Waals surface area contributed by atoms with Crippen molar-refractivity contribution in [3.05, 3.63) is 58.4 Å². The molecule has 0 aliphatic heterocycles. The van der Waals surface area contributed by atoms with Crippen LogP contribution in [0.25, 0.3) is 10.9 Å². The summed E-state index contributed by atoms with van der Waals surface area (Å²) in [7, 11) is 0. The maximum absolute atomic E-state index is 13.2. The number of nitrogens with zero attached hydrogens (tertiary/aromatic N) is 2. The van der Waals surface area contributed by atoms with Crippen LogP contribution in [0.5, 0.6) is 0 Å². The standard InChI is InChI=1S/C19H14F3N3OS/c1-10-7-14(19(20,21)22)13(8-23)18(24-10)27-9-16(26)17-11(2)25-15-6-4-3-5-12(15)17/h3-7,25H,9H2,1-2H3. The van der Waals surface area contributed by atoms with Crippen LogP contribution in [0.15, 0.2) is 35.4 Å². The highest BCUT2D eigenvalue weighted by Gasteiger charge is 2.35. The van der Waals surface area contributed by atoms with Crippen molar-refractivity contribution in [3.63, 3.8) is 0 Å². The zero-order valence-electron chi connectivity index (χ0n) is 14.4. The molecule has 8 heteroatoms. The summed E-state index contributed by atoms with van der Waals surface area (Å²) >= 11 is 0.843. The number of rotatable bonds is 4. The minimum atomic E-state index is -4.66.